The Morgan fingerprint density at radius 3 is 3.08 bits per heavy atom. The first-order valence-corrected chi connectivity index (χ1v) is 8.63. The van der Waals surface area contributed by atoms with Gasteiger partial charge in [0.05, 0.1) is 24.9 Å². The van der Waals surface area contributed by atoms with Crippen LogP contribution in [0.5, 0.6) is 0 Å². The first kappa shape index (κ1) is 18.3. The van der Waals surface area contributed by atoms with E-state index >= 15 is 0 Å². The van der Waals surface area contributed by atoms with Gasteiger partial charge in [-0.15, -0.1) is 6.58 Å². The minimum atomic E-state index is -0.396. The molecule has 26 heavy (non-hydrogen) atoms. The van der Waals surface area contributed by atoms with Crippen LogP contribution in [0.4, 0.5) is 10.2 Å². The first-order valence-electron chi connectivity index (χ1n) is 8.63. The fraction of sp³-hybridized carbons (Fsp3) is 0.368. The zero-order valence-corrected chi connectivity index (χ0v) is 14.8. The van der Waals surface area contributed by atoms with Crippen molar-refractivity contribution in [3.63, 3.8) is 0 Å². The molecular weight excluding hydrogens is 335 g/mol. The Kier molecular flexibility index (Phi) is 5.80. The van der Waals surface area contributed by atoms with Crippen molar-refractivity contribution < 1.29 is 13.9 Å². The molecule has 1 amide bonds. The minimum absolute atomic E-state index is 0.131. The second kappa shape index (κ2) is 8.25. The lowest BCUT2D eigenvalue weighted by molar-refractivity contribution is -0.117. The van der Waals surface area contributed by atoms with Gasteiger partial charge in [0.25, 0.3) is 0 Å². The van der Waals surface area contributed by atoms with E-state index in [0.717, 1.165) is 13.0 Å². The van der Waals surface area contributed by atoms with Crippen molar-refractivity contribution >= 4 is 11.7 Å². The van der Waals surface area contributed by atoms with Gasteiger partial charge in [0, 0.05) is 19.2 Å². The highest BCUT2D eigenvalue weighted by atomic mass is 19.1. The molecule has 1 fully saturated rings. The van der Waals surface area contributed by atoms with Crippen LogP contribution in [-0.2, 0) is 9.53 Å². The number of carbonyl (C=O) groups is 1. The number of ether oxygens (including phenoxy) is 1. The summed E-state index contributed by atoms with van der Waals surface area (Å²) in [7, 11) is 0. The van der Waals surface area contributed by atoms with Crippen LogP contribution in [0.3, 0.4) is 0 Å². The Balaban J connectivity index is 1.64. The average Bonchev–Trinajstić information content (AvgIpc) is 3.19. The number of likely N-dealkylation sites (tertiary alicyclic amines) is 1. The van der Waals surface area contributed by atoms with E-state index in [9.17, 15) is 9.18 Å². The highest BCUT2D eigenvalue weighted by Crippen LogP contribution is 2.20. The first-order chi connectivity index (χ1) is 12.6. The molecule has 2 aromatic rings. The summed E-state index contributed by atoms with van der Waals surface area (Å²) in [6, 6.07) is 8.07. The highest BCUT2D eigenvalue weighted by Gasteiger charge is 2.24. The van der Waals surface area contributed by atoms with Gasteiger partial charge < -0.3 is 10.1 Å². The molecule has 0 bridgehead atoms. The fourth-order valence-electron chi connectivity index (χ4n) is 3.06. The Labute approximate surface area is 152 Å². The monoisotopic (exact) mass is 358 g/mol. The topological polar surface area (TPSA) is 59.4 Å². The molecule has 1 N–H and O–H groups in total. The number of hydrogen-bond donors (Lipinski definition) is 1. The SMILES string of the molecule is C=CCOC1CCN(CC(=O)Nc2cc(C)nn2-c2ccccc2F)C1. The summed E-state index contributed by atoms with van der Waals surface area (Å²) in [6.45, 7) is 7.74. The van der Waals surface area contributed by atoms with E-state index in [0.29, 0.717) is 30.4 Å². The molecule has 1 saturated heterocycles. The summed E-state index contributed by atoms with van der Waals surface area (Å²) < 4.78 is 21.1. The van der Waals surface area contributed by atoms with Crippen LogP contribution in [0.1, 0.15) is 12.1 Å². The van der Waals surface area contributed by atoms with Gasteiger partial charge in [0.2, 0.25) is 5.91 Å². The van der Waals surface area contributed by atoms with E-state index in [1.54, 1.807) is 37.3 Å². The van der Waals surface area contributed by atoms with Crippen molar-refractivity contribution in [2.45, 2.75) is 19.4 Å². The predicted octanol–water partition coefficient (Wildman–Crippen LogP) is 2.54. The molecule has 7 heteroatoms. The summed E-state index contributed by atoms with van der Waals surface area (Å²) in [5, 5.41) is 7.13. The second-order valence-electron chi connectivity index (χ2n) is 6.35. The number of aryl methyl sites for hydroxylation is 1. The number of anilines is 1. The number of aromatic nitrogens is 2. The summed E-state index contributed by atoms with van der Waals surface area (Å²) in [4.78, 5) is 14.5. The van der Waals surface area contributed by atoms with Gasteiger partial charge in [-0.3, -0.25) is 9.69 Å². The molecule has 3 rings (SSSR count). The van der Waals surface area contributed by atoms with Gasteiger partial charge in [-0.05, 0) is 25.5 Å². The molecule has 0 saturated carbocycles. The van der Waals surface area contributed by atoms with E-state index in [1.807, 2.05) is 4.90 Å². The number of nitrogens with one attached hydrogen (secondary N) is 1. The number of halogens is 1. The highest BCUT2D eigenvalue weighted by molar-refractivity contribution is 5.91. The molecule has 1 aliphatic rings. The van der Waals surface area contributed by atoms with Gasteiger partial charge in [0.1, 0.15) is 17.3 Å². The van der Waals surface area contributed by atoms with E-state index < -0.39 is 5.82 Å². The normalized spacial score (nSPS) is 17.4. The van der Waals surface area contributed by atoms with Gasteiger partial charge >= 0.3 is 0 Å². The predicted molar refractivity (Wildman–Crippen MR) is 97.9 cm³/mol. The number of hydrogen-bond acceptors (Lipinski definition) is 4. The van der Waals surface area contributed by atoms with E-state index in [-0.39, 0.29) is 18.6 Å². The molecule has 1 atom stereocenters. The lowest BCUT2D eigenvalue weighted by Crippen LogP contribution is -2.33. The third-order valence-electron chi connectivity index (χ3n) is 4.23. The molecule has 0 radical (unpaired) electrons. The Morgan fingerprint density at radius 1 is 1.50 bits per heavy atom. The van der Waals surface area contributed by atoms with Crippen LogP contribution in [0.2, 0.25) is 0 Å². The van der Waals surface area contributed by atoms with Crippen molar-refractivity contribution in [1.29, 1.82) is 0 Å². The summed E-state index contributed by atoms with van der Waals surface area (Å²) in [6.07, 6.45) is 2.75. The third-order valence-corrected chi connectivity index (χ3v) is 4.23. The van der Waals surface area contributed by atoms with Crippen LogP contribution in [0.25, 0.3) is 5.69 Å². The van der Waals surface area contributed by atoms with Crippen molar-refractivity contribution in [3.05, 3.63) is 54.5 Å². The molecule has 1 aliphatic heterocycles. The molecule has 1 unspecified atom stereocenters. The summed E-state index contributed by atoms with van der Waals surface area (Å²) >= 11 is 0. The Bertz CT molecular complexity index is 790. The maximum absolute atomic E-state index is 14.1. The molecule has 2 heterocycles. The van der Waals surface area contributed by atoms with Gasteiger partial charge in [-0.2, -0.15) is 5.10 Å². The molecule has 1 aromatic heterocycles. The second-order valence-corrected chi connectivity index (χ2v) is 6.35. The smallest absolute Gasteiger partial charge is 0.239 e. The van der Waals surface area contributed by atoms with Crippen LogP contribution in [-0.4, -0.2) is 52.9 Å². The van der Waals surface area contributed by atoms with Gasteiger partial charge in [-0.25, -0.2) is 9.07 Å². The number of rotatable bonds is 7. The fourth-order valence-corrected chi connectivity index (χ4v) is 3.06. The molecule has 1 aromatic carbocycles. The van der Waals surface area contributed by atoms with Crippen molar-refractivity contribution in [1.82, 2.24) is 14.7 Å². The molecule has 0 spiro atoms. The average molecular weight is 358 g/mol. The number of para-hydroxylation sites is 1. The molecule has 138 valence electrons. The Morgan fingerprint density at radius 2 is 2.31 bits per heavy atom. The van der Waals surface area contributed by atoms with E-state index in [1.165, 1.54) is 10.7 Å². The maximum atomic E-state index is 14.1. The summed E-state index contributed by atoms with van der Waals surface area (Å²) in [5.74, 6) is -0.101. The Hall–Kier alpha value is -2.51. The lowest BCUT2D eigenvalue weighted by atomic mass is 10.3. The van der Waals surface area contributed by atoms with Crippen LogP contribution >= 0.6 is 0 Å². The molecule has 6 nitrogen and oxygen atoms in total. The van der Waals surface area contributed by atoms with E-state index in [4.69, 9.17) is 4.74 Å². The minimum Gasteiger partial charge on any atom is -0.373 e. The standard InChI is InChI=1S/C19H23FN4O2/c1-3-10-26-15-8-9-23(12-15)13-19(25)21-18-11-14(2)22-24(18)17-7-5-4-6-16(17)20/h3-7,11,15H,1,8-10,12-13H2,2H3,(H,21,25). The zero-order valence-electron chi connectivity index (χ0n) is 14.8. The number of amides is 1. The molecular formula is C19H23FN4O2. The number of benzene rings is 1. The quantitative estimate of drug-likeness (QED) is 0.773. The largest absolute Gasteiger partial charge is 0.373 e. The lowest BCUT2D eigenvalue weighted by Gasteiger charge is -2.16. The van der Waals surface area contributed by atoms with Crippen LogP contribution < -0.4 is 5.32 Å². The number of nitrogens with zero attached hydrogens (tertiary/aromatic N) is 3. The molecule has 0 aliphatic carbocycles. The van der Waals surface area contributed by atoms with Crippen molar-refractivity contribution in [3.8, 4) is 5.69 Å². The van der Waals surface area contributed by atoms with Crippen LogP contribution in [0.15, 0.2) is 43.0 Å². The van der Waals surface area contributed by atoms with Gasteiger partial charge in [0.15, 0.2) is 0 Å². The maximum Gasteiger partial charge on any atom is 0.239 e. The third kappa shape index (κ3) is 4.36. The number of carbonyl (C=O) groups excluding carboxylic acids is 1. The van der Waals surface area contributed by atoms with Gasteiger partial charge in [-0.1, -0.05) is 18.2 Å². The van der Waals surface area contributed by atoms with E-state index in [2.05, 4.69) is 17.0 Å². The summed E-state index contributed by atoms with van der Waals surface area (Å²) in [5.41, 5.74) is 0.998. The van der Waals surface area contributed by atoms with Crippen molar-refractivity contribution in [2.75, 3.05) is 31.6 Å². The van der Waals surface area contributed by atoms with Crippen LogP contribution in [0, 0.1) is 12.7 Å². The zero-order chi connectivity index (χ0) is 18.5. The van der Waals surface area contributed by atoms with Crippen molar-refractivity contribution in [2.24, 2.45) is 0 Å².